The van der Waals surface area contributed by atoms with E-state index in [4.69, 9.17) is 4.42 Å². The lowest BCUT2D eigenvalue weighted by atomic mass is 10.2. The van der Waals surface area contributed by atoms with Crippen molar-refractivity contribution in [2.75, 3.05) is 26.2 Å². The molecule has 26 heavy (non-hydrogen) atoms. The number of piperazine rings is 1. The zero-order valence-corrected chi connectivity index (χ0v) is 15.3. The Hall–Kier alpha value is -2.33. The number of nitrogens with zero attached hydrogens (tertiary/aromatic N) is 2. The molecule has 0 bridgehead atoms. The summed E-state index contributed by atoms with van der Waals surface area (Å²) in [5.74, 6) is 3.20. The molecule has 0 spiro atoms. The maximum atomic E-state index is 12.4. The van der Waals surface area contributed by atoms with E-state index in [1.54, 1.807) is 12.2 Å². The van der Waals surface area contributed by atoms with Crippen LogP contribution >= 0.6 is 0 Å². The molecular weight excluding hydrogens is 324 g/mol. The second-order valence-electron chi connectivity index (χ2n) is 7.48. The second-order valence-corrected chi connectivity index (χ2v) is 7.48. The fraction of sp³-hybridized carbons (Fsp3) is 0.409. The van der Waals surface area contributed by atoms with E-state index in [9.17, 15) is 4.79 Å². The minimum Gasteiger partial charge on any atom is -0.461 e. The first-order valence-corrected chi connectivity index (χ1v) is 9.52. The van der Waals surface area contributed by atoms with E-state index in [1.165, 1.54) is 12.0 Å². The third-order valence-corrected chi connectivity index (χ3v) is 5.45. The van der Waals surface area contributed by atoms with Crippen LogP contribution in [0.15, 0.2) is 53.0 Å². The number of furan rings is 1. The van der Waals surface area contributed by atoms with E-state index in [0.717, 1.165) is 50.2 Å². The van der Waals surface area contributed by atoms with Gasteiger partial charge in [-0.2, -0.15) is 0 Å². The second kappa shape index (κ2) is 7.50. The lowest BCUT2D eigenvalue weighted by molar-refractivity contribution is -0.127. The molecule has 4 rings (SSSR count). The Morgan fingerprint density at radius 2 is 1.85 bits per heavy atom. The highest BCUT2D eigenvalue weighted by Gasteiger charge is 2.36. The van der Waals surface area contributed by atoms with Gasteiger partial charge in [0.1, 0.15) is 11.5 Å². The molecular formula is C22H26N2O2. The van der Waals surface area contributed by atoms with Gasteiger partial charge in [0.2, 0.25) is 5.91 Å². The highest BCUT2D eigenvalue weighted by atomic mass is 16.3. The molecule has 1 aromatic heterocycles. The summed E-state index contributed by atoms with van der Waals surface area (Å²) in [6.45, 7) is 6.58. The van der Waals surface area contributed by atoms with E-state index >= 15 is 0 Å². The van der Waals surface area contributed by atoms with E-state index in [1.807, 2.05) is 23.1 Å². The number of benzene rings is 1. The summed E-state index contributed by atoms with van der Waals surface area (Å²) in [4.78, 5) is 16.7. The van der Waals surface area contributed by atoms with Crippen LogP contribution in [0.1, 0.15) is 36.3 Å². The molecule has 1 aliphatic heterocycles. The minimum absolute atomic E-state index is 0.0714. The molecule has 4 heteroatoms. The van der Waals surface area contributed by atoms with Gasteiger partial charge in [0.25, 0.3) is 0 Å². The zero-order valence-electron chi connectivity index (χ0n) is 15.3. The van der Waals surface area contributed by atoms with Crippen LogP contribution in [0.2, 0.25) is 0 Å². The minimum atomic E-state index is 0.0714. The molecule has 1 saturated heterocycles. The van der Waals surface area contributed by atoms with Gasteiger partial charge < -0.3 is 9.32 Å². The molecule has 2 aliphatic rings. The molecule has 2 fully saturated rings. The standard InChI is InChI=1S/C22H26N2O2/c1-17-15-20(17)21-9-7-19(26-21)8-10-22(25)24-13-11-23(12-14-24)16-18-5-3-2-4-6-18/h2-10,17,20H,11-16H2,1H3. The van der Waals surface area contributed by atoms with E-state index in [0.29, 0.717) is 5.92 Å². The molecule has 0 radical (unpaired) electrons. The van der Waals surface area contributed by atoms with Crippen molar-refractivity contribution in [2.45, 2.75) is 25.8 Å². The van der Waals surface area contributed by atoms with Crippen molar-refractivity contribution in [3.8, 4) is 0 Å². The van der Waals surface area contributed by atoms with Crippen LogP contribution in [0.3, 0.4) is 0 Å². The Bertz CT molecular complexity index is 772. The number of carbonyl (C=O) groups is 1. The van der Waals surface area contributed by atoms with Crippen molar-refractivity contribution >= 4 is 12.0 Å². The summed E-state index contributed by atoms with van der Waals surface area (Å²) in [7, 11) is 0. The van der Waals surface area contributed by atoms with E-state index in [2.05, 4.69) is 36.1 Å². The number of amides is 1. The average molecular weight is 350 g/mol. The van der Waals surface area contributed by atoms with E-state index in [-0.39, 0.29) is 5.91 Å². The number of rotatable bonds is 5. The van der Waals surface area contributed by atoms with Gasteiger partial charge in [-0.1, -0.05) is 37.3 Å². The first-order chi connectivity index (χ1) is 12.7. The van der Waals surface area contributed by atoms with Crippen molar-refractivity contribution in [1.29, 1.82) is 0 Å². The van der Waals surface area contributed by atoms with Crippen LogP contribution in [0, 0.1) is 5.92 Å². The summed E-state index contributed by atoms with van der Waals surface area (Å²) in [6.07, 6.45) is 4.66. The first kappa shape index (κ1) is 17.1. The maximum absolute atomic E-state index is 12.4. The number of carbonyl (C=O) groups excluding carboxylic acids is 1. The van der Waals surface area contributed by atoms with Gasteiger partial charge in [-0.15, -0.1) is 0 Å². The van der Waals surface area contributed by atoms with Gasteiger partial charge in [-0.05, 0) is 36.1 Å². The summed E-state index contributed by atoms with van der Waals surface area (Å²) >= 11 is 0. The fourth-order valence-corrected chi connectivity index (χ4v) is 3.60. The lowest BCUT2D eigenvalue weighted by Crippen LogP contribution is -2.47. The molecule has 2 unspecified atom stereocenters. The van der Waals surface area contributed by atoms with Crippen LogP contribution in [0.5, 0.6) is 0 Å². The third-order valence-electron chi connectivity index (χ3n) is 5.45. The molecule has 2 atom stereocenters. The van der Waals surface area contributed by atoms with Gasteiger partial charge >= 0.3 is 0 Å². The van der Waals surface area contributed by atoms with Gasteiger partial charge in [0.05, 0.1) is 0 Å². The molecule has 1 saturated carbocycles. The quantitative estimate of drug-likeness (QED) is 0.771. The average Bonchev–Trinajstić information content (AvgIpc) is 3.21. The fourth-order valence-electron chi connectivity index (χ4n) is 3.60. The Balaban J connectivity index is 1.26. The molecule has 4 nitrogen and oxygen atoms in total. The zero-order chi connectivity index (χ0) is 17.9. The smallest absolute Gasteiger partial charge is 0.246 e. The van der Waals surface area contributed by atoms with Crippen molar-refractivity contribution in [3.63, 3.8) is 0 Å². The van der Waals surface area contributed by atoms with Crippen molar-refractivity contribution < 1.29 is 9.21 Å². The topological polar surface area (TPSA) is 36.7 Å². The SMILES string of the molecule is CC1CC1c1ccc(C=CC(=O)N2CCN(Cc3ccccc3)CC2)o1. The molecule has 136 valence electrons. The molecule has 0 N–H and O–H groups in total. The monoisotopic (exact) mass is 350 g/mol. The third kappa shape index (κ3) is 4.07. The normalized spacial score (nSPS) is 23.5. The highest BCUT2D eigenvalue weighted by molar-refractivity contribution is 5.91. The predicted molar refractivity (Wildman–Crippen MR) is 103 cm³/mol. The highest BCUT2D eigenvalue weighted by Crippen LogP contribution is 2.47. The molecule has 1 aliphatic carbocycles. The van der Waals surface area contributed by atoms with Gasteiger partial charge in [0, 0.05) is 44.7 Å². The molecule has 1 aromatic carbocycles. The molecule has 2 heterocycles. The Labute approximate surface area is 155 Å². The summed E-state index contributed by atoms with van der Waals surface area (Å²) in [5, 5.41) is 0. The summed E-state index contributed by atoms with van der Waals surface area (Å²) in [5.41, 5.74) is 1.32. The predicted octanol–water partition coefficient (Wildman–Crippen LogP) is 3.76. The van der Waals surface area contributed by atoms with Crippen molar-refractivity contribution in [2.24, 2.45) is 5.92 Å². The van der Waals surface area contributed by atoms with Gasteiger partial charge in [0.15, 0.2) is 0 Å². The van der Waals surface area contributed by atoms with Crippen molar-refractivity contribution in [3.05, 3.63) is 65.6 Å². The van der Waals surface area contributed by atoms with Crippen LogP contribution in [-0.2, 0) is 11.3 Å². The van der Waals surface area contributed by atoms with Gasteiger partial charge in [-0.3, -0.25) is 9.69 Å². The summed E-state index contributed by atoms with van der Waals surface area (Å²) in [6, 6.07) is 14.5. The van der Waals surface area contributed by atoms with E-state index < -0.39 is 0 Å². The number of hydrogen-bond acceptors (Lipinski definition) is 3. The van der Waals surface area contributed by atoms with Gasteiger partial charge in [-0.25, -0.2) is 0 Å². The summed E-state index contributed by atoms with van der Waals surface area (Å²) < 4.78 is 5.83. The van der Waals surface area contributed by atoms with Crippen LogP contribution in [0.4, 0.5) is 0 Å². The number of hydrogen-bond donors (Lipinski definition) is 0. The Morgan fingerprint density at radius 3 is 2.54 bits per heavy atom. The van der Waals surface area contributed by atoms with Crippen LogP contribution < -0.4 is 0 Å². The Morgan fingerprint density at radius 1 is 1.12 bits per heavy atom. The van der Waals surface area contributed by atoms with Crippen LogP contribution in [-0.4, -0.2) is 41.9 Å². The lowest BCUT2D eigenvalue weighted by Gasteiger charge is -2.34. The Kier molecular flexibility index (Phi) is 4.93. The first-order valence-electron chi connectivity index (χ1n) is 9.52. The molecule has 1 amide bonds. The maximum Gasteiger partial charge on any atom is 0.246 e. The van der Waals surface area contributed by atoms with Crippen molar-refractivity contribution in [1.82, 2.24) is 9.80 Å². The van der Waals surface area contributed by atoms with Crippen LogP contribution in [0.25, 0.3) is 6.08 Å². The molecule has 2 aromatic rings. The largest absolute Gasteiger partial charge is 0.461 e.